The second-order valence-electron chi connectivity index (χ2n) is 6.99. The molecule has 0 aliphatic heterocycles. The molecule has 5 aromatic rings. The molecule has 0 fully saturated rings. The smallest absolute Gasteiger partial charge is 0.263 e. The molecule has 0 N–H and O–H groups in total. The second-order valence-corrected chi connectivity index (χ2v) is 9.80. The summed E-state index contributed by atoms with van der Waals surface area (Å²) in [6.07, 6.45) is 1.45. The van der Waals surface area contributed by atoms with E-state index in [2.05, 4.69) is 9.97 Å². The van der Waals surface area contributed by atoms with Crippen LogP contribution in [-0.2, 0) is 16.1 Å². The number of thiophene rings is 2. The number of carbonyl (C=O) groups excluding carboxylic acids is 1. The molecule has 4 heterocycles. The highest BCUT2D eigenvalue weighted by atomic mass is 32.1. The van der Waals surface area contributed by atoms with Gasteiger partial charge in [0, 0.05) is 22.9 Å². The molecule has 0 atom stereocenters. The molecule has 0 spiro atoms. The van der Waals surface area contributed by atoms with Crippen molar-refractivity contribution in [1.82, 2.24) is 14.5 Å². The highest BCUT2D eigenvalue weighted by Gasteiger charge is 2.22. The molecule has 10 heteroatoms. The van der Waals surface area contributed by atoms with E-state index in [4.69, 9.17) is 4.74 Å². The van der Waals surface area contributed by atoms with E-state index < -0.39 is 0 Å². The third-order valence-corrected chi connectivity index (χ3v) is 7.84. The number of fused-ring (bicyclic) bond motifs is 2. The van der Waals surface area contributed by atoms with Crippen molar-refractivity contribution in [2.24, 2.45) is 0 Å². The van der Waals surface area contributed by atoms with Gasteiger partial charge in [-0.3, -0.25) is 19.1 Å². The Morgan fingerprint density at radius 3 is 2.84 bits per heavy atom. The topological polar surface area (TPSA) is 77.3 Å². The number of hydrogen-bond donors (Lipinski definition) is 0. The summed E-state index contributed by atoms with van der Waals surface area (Å²) in [6.45, 7) is 0.584. The minimum Gasteiger partial charge on any atom is -0.383 e. The number of carbonyl (C=O) groups is 1. The molecule has 1 aromatic carbocycles. The van der Waals surface area contributed by atoms with Crippen molar-refractivity contribution in [3.05, 3.63) is 63.8 Å². The number of ether oxygens (including phenoxy) is 1. The summed E-state index contributed by atoms with van der Waals surface area (Å²) in [6, 6.07) is 11.7. The minimum atomic E-state index is -0.239. The van der Waals surface area contributed by atoms with E-state index in [-0.39, 0.29) is 18.0 Å². The Morgan fingerprint density at radius 1 is 1.19 bits per heavy atom. The van der Waals surface area contributed by atoms with Gasteiger partial charge in [-0.05, 0) is 23.6 Å². The van der Waals surface area contributed by atoms with E-state index in [1.165, 1.54) is 33.6 Å². The monoisotopic (exact) mass is 482 g/mol. The zero-order valence-corrected chi connectivity index (χ0v) is 19.5. The normalized spacial score (nSPS) is 11.4. The van der Waals surface area contributed by atoms with Crippen molar-refractivity contribution in [2.75, 3.05) is 25.2 Å². The van der Waals surface area contributed by atoms with Crippen LogP contribution in [0.4, 0.5) is 5.13 Å². The van der Waals surface area contributed by atoms with Crippen molar-refractivity contribution in [3.8, 4) is 10.4 Å². The molecule has 1 amide bonds. The zero-order chi connectivity index (χ0) is 22.1. The van der Waals surface area contributed by atoms with Crippen LogP contribution in [0.25, 0.3) is 30.9 Å². The van der Waals surface area contributed by atoms with Gasteiger partial charge in [-0.1, -0.05) is 29.5 Å². The van der Waals surface area contributed by atoms with Gasteiger partial charge in [0.15, 0.2) is 5.13 Å². The quantitative estimate of drug-likeness (QED) is 0.342. The van der Waals surface area contributed by atoms with Gasteiger partial charge in [0.25, 0.3) is 5.56 Å². The number of amides is 1. The third-order valence-electron chi connectivity index (χ3n) is 4.99. The fourth-order valence-corrected chi connectivity index (χ4v) is 6.14. The SMILES string of the molecule is COCCN(C(=O)Cn1cnc2scc(-c3cccs3)c2c1=O)c1nc2ccccc2s1. The molecule has 0 unspecified atom stereocenters. The molecule has 0 aliphatic rings. The van der Waals surface area contributed by atoms with E-state index in [0.29, 0.717) is 28.5 Å². The van der Waals surface area contributed by atoms with Crippen LogP contribution in [0.3, 0.4) is 0 Å². The first kappa shape index (κ1) is 21.0. The molecule has 162 valence electrons. The maximum absolute atomic E-state index is 13.3. The number of rotatable bonds is 7. The van der Waals surface area contributed by atoms with E-state index in [1.807, 2.05) is 47.2 Å². The number of thiazole rings is 1. The Hall–Kier alpha value is -2.92. The fourth-order valence-electron chi connectivity index (χ4n) is 3.41. The summed E-state index contributed by atoms with van der Waals surface area (Å²) in [7, 11) is 1.59. The van der Waals surface area contributed by atoms with E-state index in [0.717, 1.165) is 20.7 Å². The predicted molar refractivity (Wildman–Crippen MR) is 131 cm³/mol. The first-order valence-corrected chi connectivity index (χ1v) is 12.4. The van der Waals surface area contributed by atoms with Crippen molar-refractivity contribution >= 4 is 65.5 Å². The van der Waals surface area contributed by atoms with Crippen LogP contribution in [-0.4, -0.2) is 40.7 Å². The summed E-state index contributed by atoms with van der Waals surface area (Å²) in [5, 5.41) is 5.06. The number of anilines is 1. The molecule has 0 saturated carbocycles. The van der Waals surface area contributed by atoms with Gasteiger partial charge in [0.2, 0.25) is 5.91 Å². The van der Waals surface area contributed by atoms with Crippen LogP contribution in [0.5, 0.6) is 0 Å². The zero-order valence-electron chi connectivity index (χ0n) is 17.1. The number of benzene rings is 1. The van der Waals surface area contributed by atoms with Crippen LogP contribution >= 0.6 is 34.0 Å². The lowest BCUT2D eigenvalue weighted by molar-refractivity contribution is -0.119. The molecular formula is C22H18N4O3S3. The number of nitrogens with zero attached hydrogens (tertiary/aromatic N) is 4. The minimum absolute atomic E-state index is 0.124. The Labute approximate surface area is 195 Å². The lowest BCUT2D eigenvalue weighted by atomic mass is 10.2. The summed E-state index contributed by atoms with van der Waals surface area (Å²) in [5.74, 6) is -0.239. The van der Waals surface area contributed by atoms with Crippen LogP contribution in [0.1, 0.15) is 0 Å². The Kier molecular flexibility index (Phi) is 5.83. The Bertz CT molecular complexity index is 1420. The molecule has 0 aliphatic carbocycles. The van der Waals surface area contributed by atoms with Crippen LogP contribution in [0.2, 0.25) is 0 Å². The first-order chi connectivity index (χ1) is 15.7. The molecule has 0 saturated heterocycles. The van der Waals surface area contributed by atoms with E-state index in [9.17, 15) is 9.59 Å². The summed E-state index contributed by atoms with van der Waals surface area (Å²) in [4.78, 5) is 38.9. The summed E-state index contributed by atoms with van der Waals surface area (Å²) >= 11 is 4.45. The van der Waals surface area contributed by atoms with Crippen molar-refractivity contribution in [1.29, 1.82) is 0 Å². The van der Waals surface area contributed by atoms with Gasteiger partial charge in [0.05, 0.1) is 35.1 Å². The third kappa shape index (κ3) is 3.86. The molecule has 0 bridgehead atoms. The van der Waals surface area contributed by atoms with Crippen LogP contribution < -0.4 is 10.5 Å². The number of methoxy groups -OCH3 is 1. The average molecular weight is 483 g/mol. The molecule has 5 rings (SSSR count). The largest absolute Gasteiger partial charge is 0.383 e. The van der Waals surface area contributed by atoms with Gasteiger partial charge in [-0.25, -0.2) is 9.97 Å². The molecule has 0 radical (unpaired) electrons. The van der Waals surface area contributed by atoms with E-state index >= 15 is 0 Å². The maximum atomic E-state index is 13.3. The Morgan fingerprint density at radius 2 is 2.06 bits per heavy atom. The first-order valence-electron chi connectivity index (χ1n) is 9.81. The molecule has 4 aromatic heterocycles. The van der Waals surface area contributed by atoms with Gasteiger partial charge >= 0.3 is 0 Å². The van der Waals surface area contributed by atoms with Crippen molar-refractivity contribution in [3.63, 3.8) is 0 Å². The highest BCUT2D eigenvalue weighted by molar-refractivity contribution is 7.22. The van der Waals surface area contributed by atoms with Crippen LogP contribution in [0, 0.1) is 0 Å². The van der Waals surface area contributed by atoms with Gasteiger partial charge in [-0.15, -0.1) is 22.7 Å². The van der Waals surface area contributed by atoms with Gasteiger partial charge in [0.1, 0.15) is 11.4 Å². The summed E-state index contributed by atoms with van der Waals surface area (Å²) in [5.41, 5.74) is 1.48. The lowest BCUT2D eigenvalue weighted by Gasteiger charge is -2.20. The van der Waals surface area contributed by atoms with Gasteiger partial charge in [-0.2, -0.15) is 0 Å². The maximum Gasteiger partial charge on any atom is 0.263 e. The van der Waals surface area contributed by atoms with Crippen molar-refractivity contribution < 1.29 is 9.53 Å². The molecule has 7 nitrogen and oxygen atoms in total. The molecular weight excluding hydrogens is 464 g/mol. The standard InChI is InChI=1S/C22H18N4O3S3/c1-29-9-8-26(22-24-15-5-2-3-6-17(15)32-22)18(27)11-25-13-23-20-19(21(25)28)14(12-31-20)16-7-4-10-30-16/h2-7,10,12-13H,8-9,11H2,1H3. The lowest BCUT2D eigenvalue weighted by Crippen LogP contribution is -2.38. The Balaban J connectivity index is 1.49. The number of aromatic nitrogens is 3. The second kappa shape index (κ2) is 8.91. The highest BCUT2D eigenvalue weighted by Crippen LogP contribution is 2.33. The van der Waals surface area contributed by atoms with Gasteiger partial charge < -0.3 is 4.74 Å². The van der Waals surface area contributed by atoms with Crippen LogP contribution in [0.15, 0.2) is 58.3 Å². The number of hydrogen-bond acceptors (Lipinski definition) is 8. The van der Waals surface area contributed by atoms with Crippen molar-refractivity contribution in [2.45, 2.75) is 6.54 Å². The number of para-hydroxylation sites is 1. The molecule has 32 heavy (non-hydrogen) atoms. The summed E-state index contributed by atoms with van der Waals surface area (Å²) < 4.78 is 7.57. The average Bonchev–Trinajstić information content (AvgIpc) is 3.55. The fraction of sp³-hybridized carbons (Fsp3) is 0.182. The predicted octanol–water partition coefficient (Wildman–Crippen LogP) is 4.48. The van der Waals surface area contributed by atoms with E-state index in [1.54, 1.807) is 23.3 Å².